The first-order chi connectivity index (χ1) is 19.8. The Labute approximate surface area is 250 Å². The highest BCUT2D eigenvalue weighted by Crippen LogP contribution is 2.63. The van der Waals surface area contributed by atoms with Gasteiger partial charge in [0, 0.05) is 0 Å². The highest BCUT2D eigenvalue weighted by molar-refractivity contribution is 5.52. The fraction of sp³-hybridized carbons (Fsp3) is 0.765. The number of rotatable bonds is 7. The van der Waals surface area contributed by atoms with Gasteiger partial charge in [-0.05, 0) is 109 Å². The van der Waals surface area contributed by atoms with Crippen LogP contribution < -0.4 is 0 Å². The van der Waals surface area contributed by atoms with Gasteiger partial charge in [0.05, 0.1) is 24.9 Å². The van der Waals surface area contributed by atoms with Gasteiger partial charge in [0.25, 0.3) is 0 Å². The van der Waals surface area contributed by atoms with Crippen molar-refractivity contribution in [3.05, 3.63) is 45.5 Å². The topological polar surface area (TPSA) is 140 Å². The van der Waals surface area contributed by atoms with Crippen LogP contribution in [-0.4, -0.2) is 80.2 Å². The molecule has 12 atom stereocenters. The summed E-state index contributed by atoms with van der Waals surface area (Å²) in [5.41, 5.74) is 7.09. The standard InChI is InChI=1S/C34H52O8/c1-16(2)18(4)27(41-33-32(40)31(39)30(38)28(15-35)42-33)11-17(3)24-9-10-25-23-12-20-7-8-21(36)13-22(20)19(5)29(23)26(37)14-34(24,25)6/h11-12,16,18,21,24-28,30-33,35-40H,7-10,13-15H2,1-6H3/b17-11+/t18?,21?,24-,25?,26?,27?,28-,30-,31+,32+,33-,34-/m1/s1. The number of hydrogen-bond donors (Lipinski definition) is 6. The zero-order chi connectivity index (χ0) is 30.7. The van der Waals surface area contributed by atoms with Crippen molar-refractivity contribution in [1.82, 2.24) is 0 Å². The molecule has 5 rings (SSSR count). The number of ether oxygens (including phenoxy) is 2. The van der Waals surface area contributed by atoms with E-state index in [1.165, 1.54) is 22.3 Å². The van der Waals surface area contributed by atoms with Gasteiger partial charge in [0.1, 0.15) is 24.4 Å². The number of benzene rings is 1. The molecule has 2 fully saturated rings. The van der Waals surface area contributed by atoms with E-state index in [1.807, 2.05) is 0 Å². The molecule has 0 amide bonds. The van der Waals surface area contributed by atoms with Gasteiger partial charge in [-0.3, -0.25) is 0 Å². The Morgan fingerprint density at radius 3 is 2.45 bits per heavy atom. The number of allylic oxidation sites excluding steroid dienone is 1. The summed E-state index contributed by atoms with van der Waals surface area (Å²) in [4.78, 5) is 0. The normalized spacial score (nSPS) is 39.9. The molecule has 1 aliphatic heterocycles. The maximum atomic E-state index is 11.6. The number of aryl methyl sites for hydroxylation is 1. The number of aliphatic hydroxyl groups excluding tert-OH is 6. The van der Waals surface area contributed by atoms with Crippen molar-refractivity contribution in [2.24, 2.45) is 23.2 Å². The second-order valence-electron chi connectivity index (χ2n) is 14.3. The fourth-order valence-corrected chi connectivity index (χ4v) is 8.57. The van der Waals surface area contributed by atoms with Gasteiger partial charge in [-0.15, -0.1) is 0 Å². The van der Waals surface area contributed by atoms with E-state index in [0.717, 1.165) is 36.8 Å². The first-order valence-corrected chi connectivity index (χ1v) is 15.9. The largest absolute Gasteiger partial charge is 0.394 e. The molecular weight excluding hydrogens is 536 g/mol. The van der Waals surface area contributed by atoms with Crippen LogP contribution >= 0.6 is 0 Å². The second kappa shape index (κ2) is 12.2. The fourth-order valence-electron chi connectivity index (χ4n) is 8.57. The Kier molecular flexibility index (Phi) is 9.31. The van der Waals surface area contributed by atoms with Crippen LogP contribution in [0, 0.1) is 30.1 Å². The van der Waals surface area contributed by atoms with E-state index >= 15 is 0 Å². The van der Waals surface area contributed by atoms with Crippen LogP contribution in [0.25, 0.3) is 0 Å². The van der Waals surface area contributed by atoms with Crippen LogP contribution in [0.1, 0.15) is 100 Å². The maximum Gasteiger partial charge on any atom is 0.187 e. The van der Waals surface area contributed by atoms with E-state index in [4.69, 9.17) is 9.47 Å². The quantitative estimate of drug-likeness (QED) is 0.267. The van der Waals surface area contributed by atoms with Gasteiger partial charge in [0.15, 0.2) is 6.29 Å². The van der Waals surface area contributed by atoms with E-state index in [2.05, 4.69) is 53.7 Å². The van der Waals surface area contributed by atoms with Crippen molar-refractivity contribution in [1.29, 1.82) is 0 Å². The summed E-state index contributed by atoms with van der Waals surface area (Å²) in [7, 11) is 0. The van der Waals surface area contributed by atoms with Crippen LogP contribution in [0.15, 0.2) is 17.7 Å². The summed E-state index contributed by atoms with van der Waals surface area (Å²) in [5.74, 6) is 0.864. The lowest BCUT2D eigenvalue weighted by atomic mass is 9.60. The minimum Gasteiger partial charge on any atom is -0.394 e. The molecule has 1 heterocycles. The smallest absolute Gasteiger partial charge is 0.187 e. The number of hydrogen-bond acceptors (Lipinski definition) is 8. The van der Waals surface area contributed by atoms with Crippen molar-refractivity contribution in [3.8, 4) is 0 Å². The van der Waals surface area contributed by atoms with Crippen molar-refractivity contribution in [2.45, 2.75) is 135 Å². The van der Waals surface area contributed by atoms with Crippen LogP contribution in [-0.2, 0) is 22.3 Å². The lowest BCUT2D eigenvalue weighted by Crippen LogP contribution is -2.59. The number of aliphatic hydroxyl groups is 6. The molecule has 3 aliphatic carbocycles. The number of fused-ring (bicyclic) bond motifs is 4. The van der Waals surface area contributed by atoms with Crippen molar-refractivity contribution in [2.75, 3.05) is 6.61 Å². The average Bonchev–Trinajstić information content (AvgIpc) is 3.29. The molecule has 1 saturated heterocycles. The molecule has 1 aromatic rings. The minimum absolute atomic E-state index is 0.0551. The molecule has 42 heavy (non-hydrogen) atoms. The Hall–Kier alpha value is -1.36. The molecule has 8 nitrogen and oxygen atoms in total. The summed E-state index contributed by atoms with van der Waals surface area (Å²) < 4.78 is 12.1. The Bertz CT molecular complexity index is 1160. The zero-order valence-electron chi connectivity index (χ0n) is 26.0. The van der Waals surface area contributed by atoms with E-state index in [-0.39, 0.29) is 29.3 Å². The van der Waals surface area contributed by atoms with Crippen LogP contribution in [0.4, 0.5) is 0 Å². The molecule has 8 heteroatoms. The Morgan fingerprint density at radius 2 is 1.79 bits per heavy atom. The predicted octanol–water partition coefficient (Wildman–Crippen LogP) is 3.21. The molecule has 0 aromatic heterocycles. The van der Waals surface area contributed by atoms with Gasteiger partial charge in [-0.2, -0.15) is 0 Å². The third-order valence-electron chi connectivity index (χ3n) is 11.4. The maximum absolute atomic E-state index is 11.6. The van der Waals surface area contributed by atoms with Crippen LogP contribution in [0.2, 0.25) is 0 Å². The molecule has 0 radical (unpaired) electrons. The second-order valence-corrected chi connectivity index (χ2v) is 14.3. The van der Waals surface area contributed by atoms with Crippen molar-refractivity contribution < 1.29 is 40.1 Å². The van der Waals surface area contributed by atoms with Gasteiger partial charge in [0.2, 0.25) is 0 Å². The highest BCUT2D eigenvalue weighted by atomic mass is 16.7. The lowest BCUT2D eigenvalue weighted by molar-refractivity contribution is -0.311. The third kappa shape index (κ3) is 5.51. The lowest BCUT2D eigenvalue weighted by Gasteiger charge is -2.46. The minimum atomic E-state index is -1.49. The third-order valence-corrected chi connectivity index (χ3v) is 11.4. The van der Waals surface area contributed by atoms with Crippen molar-refractivity contribution >= 4 is 0 Å². The monoisotopic (exact) mass is 588 g/mol. The summed E-state index contributed by atoms with van der Waals surface area (Å²) in [6.07, 6.45) is -0.756. The Balaban J connectivity index is 1.44. The average molecular weight is 589 g/mol. The molecule has 0 spiro atoms. The zero-order valence-corrected chi connectivity index (χ0v) is 26.0. The molecule has 0 bridgehead atoms. The molecular formula is C34H52O8. The molecule has 6 N–H and O–H groups in total. The van der Waals surface area contributed by atoms with E-state index < -0.39 is 49.5 Å². The van der Waals surface area contributed by atoms with E-state index in [9.17, 15) is 30.6 Å². The molecule has 4 aliphatic rings. The van der Waals surface area contributed by atoms with E-state index in [1.54, 1.807) is 0 Å². The SMILES string of the molecule is C/C(=C\C(O[C@@H]1O[C@H](CO)[C@@H](O)[C@H](O)[C@@H]1O)C(C)C(C)C)[C@H]1CCC2c3cc4c(c(C)c3C(O)C[C@@]21C)CC(O)CC4. The van der Waals surface area contributed by atoms with Gasteiger partial charge in [-0.1, -0.05) is 45.4 Å². The van der Waals surface area contributed by atoms with Crippen LogP contribution in [0.3, 0.4) is 0 Å². The van der Waals surface area contributed by atoms with Crippen LogP contribution in [0.5, 0.6) is 0 Å². The molecule has 5 unspecified atom stereocenters. The first-order valence-electron chi connectivity index (χ1n) is 15.9. The highest BCUT2D eigenvalue weighted by Gasteiger charge is 2.53. The van der Waals surface area contributed by atoms with Crippen molar-refractivity contribution in [3.63, 3.8) is 0 Å². The molecule has 1 saturated carbocycles. The molecule has 236 valence electrons. The summed E-state index contributed by atoms with van der Waals surface area (Å²) in [5, 5.41) is 62.8. The summed E-state index contributed by atoms with van der Waals surface area (Å²) >= 11 is 0. The molecule has 1 aromatic carbocycles. The van der Waals surface area contributed by atoms with Gasteiger partial charge < -0.3 is 40.1 Å². The predicted molar refractivity (Wildman–Crippen MR) is 159 cm³/mol. The van der Waals surface area contributed by atoms with Gasteiger partial charge >= 0.3 is 0 Å². The summed E-state index contributed by atoms with van der Waals surface area (Å²) in [6, 6.07) is 2.34. The first kappa shape index (κ1) is 32.0. The summed E-state index contributed by atoms with van der Waals surface area (Å²) in [6.45, 7) is 12.4. The van der Waals surface area contributed by atoms with Gasteiger partial charge in [-0.25, -0.2) is 0 Å². The van der Waals surface area contributed by atoms with E-state index in [0.29, 0.717) is 18.8 Å². The Morgan fingerprint density at radius 1 is 1.07 bits per heavy atom.